The fourth-order valence-corrected chi connectivity index (χ4v) is 12.3. The van der Waals surface area contributed by atoms with Gasteiger partial charge in [0, 0.05) is 113 Å². The summed E-state index contributed by atoms with van der Waals surface area (Å²) in [6.45, 7) is 9.74. The van der Waals surface area contributed by atoms with Crippen LogP contribution in [0.4, 0.5) is 24.7 Å². The molecule has 7 aliphatic rings. The predicted octanol–water partition coefficient (Wildman–Crippen LogP) is 6.70. The van der Waals surface area contributed by atoms with Gasteiger partial charge < -0.3 is 34.2 Å². The van der Waals surface area contributed by atoms with Crippen LogP contribution >= 0.6 is 0 Å². The van der Waals surface area contributed by atoms with Crippen molar-refractivity contribution in [2.24, 2.45) is 5.41 Å². The van der Waals surface area contributed by atoms with Crippen molar-refractivity contribution >= 4 is 50.9 Å². The molecule has 2 N–H and O–H groups in total. The van der Waals surface area contributed by atoms with E-state index in [0.717, 1.165) is 63.0 Å². The summed E-state index contributed by atoms with van der Waals surface area (Å²) in [5.74, 6) is -1.62. The second-order valence-corrected chi connectivity index (χ2v) is 21.5. The second kappa shape index (κ2) is 18.1. The van der Waals surface area contributed by atoms with Gasteiger partial charge in [-0.3, -0.25) is 29.6 Å². The molecule has 5 aromatic rings. The number of imide groups is 1. The van der Waals surface area contributed by atoms with E-state index in [9.17, 15) is 19.5 Å². The molecule has 15 nitrogen and oxygen atoms in total. The second-order valence-electron chi connectivity index (χ2n) is 21.5. The number of alkyl halides is 1. The fraction of sp³-hybridized carbons (Fsp3) is 0.519. The minimum absolute atomic E-state index is 0.0303. The van der Waals surface area contributed by atoms with Crippen LogP contribution in [0, 0.1) is 17.0 Å². The normalized spacial score (nSPS) is 24.2. The van der Waals surface area contributed by atoms with Gasteiger partial charge in [-0.05, 0) is 110 Å². The van der Waals surface area contributed by atoms with Gasteiger partial charge >= 0.3 is 6.01 Å². The van der Waals surface area contributed by atoms with Crippen LogP contribution in [0.3, 0.4) is 0 Å². The number of nitrogens with zero attached hydrogens (tertiary/aromatic N) is 8. The van der Waals surface area contributed by atoms with Crippen molar-refractivity contribution in [3.8, 4) is 23.0 Å². The molecule has 6 fully saturated rings. The van der Waals surface area contributed by atoms with Gasteiger partial charge in [-0.1, -0.05) is 13.0 Å². The number of phenolic OH excluding ortho intramolecular Hbond substituents is 1. The lowest BCUT2D eigenvalue weighted by atomic mass is 9.86. The Hall–Kier alpha value is -6.11. The zero-order chi connectivity index (χ0) is 49.5. The molecule has 6 aliphatic heterocycles. The van der Waals surface area contributed by atoms with E-state index in [2.05, 4.69) is 29.9 Å². The Morgan fingerprint density at radius 3 is 2.40 bits per heavy atom. The first-order valence-corrected chi connectivity index (χ1v) is 25.8. The number of piperidine rings is 3. The van der Waals surface area contributed by atoms with Crippen molar-refractivity contribution in [2.45, 2.75) is 95.0 Å². The number of hydrogen-bond donors (Lipinski definition) is 2. The number of ether oxygens (including phenoxy) is 2. The van der Waals surface area contributed by atoms with E-state index < -0.39 is 29.3 Å². The number of nitrogens with one attached hydrogen (secondary N) is 1. The standard InChI is InChI=1S/C54H60F3N9O6/c1-2-37-41(55)7-4-33-25-36(67)26-39(44(33)37)46-45(56)47-40(27-58-46)48(65-16-3-10-54(31-65)15-23-72-54)61-51(60-47)71-32-52(11-12-52)29-62-17-13-53(57,14-18-62)30-63-19-21-64(22-20-63)35-5-6-38-34(24-35)28-66(50(38)70)42-8-9-43(68)59-49(42)69/h4-7,24-27,42,67H,2-3,8-23,28-32H2,1H3,(H,59,68,69)/t42-,54-/m0/s1. The van der Waals surface area contributed by atoms with Gasteiger partial charge in [-0.25, -0.2) is 13.2 Å². The fourth-order valence-electron chi connectivity index (χ4n) is 12.3. The molecule has 12 rings (SSSR count). The summed E-state index contributed by atoms with van der Waals surface area (Å²) in [5.41, 5.74) is 1.37. The number of anilines is 2. The largest absolute Gasteiger partial charge is 0.508 e. The third-order valence-electron chi connectivity index (χ3n) is 16.7. The number of carbonyl (C=O) groups excluding carboxylic acids is 3. The van der Waals surface area contributed by atoms with Crippen molar-refractivity contribution in [3.63, 3.8) is 0 Å². The molecule has 2 atom stereocenters. The van der Waals surface area contributed by atoms with Gasteiger partial charge in [0.05, 0.1) is 24.2 Å². The SMILES string of the molecule is CCc1c(F)ccc2cc(O)cc(-c3ncc4c(N5CCC[C@]6(CCO6)C5)nc(OCC5(CN6CCC(F)(CN7CCN(c8ccc9c(c8)CN([C@H]8CCC(=O)NC8=O)C9=O)CC7)CC6)CC5)nc4c3F)c12. The van der Waals surface area contributed by atoms with E-state index >= 15 is 13.2 Å². The number of benzene rings is 3. The van der Waals surface area contributed by atoms with Crippen LogP contribution in [0.2, 0.25) is 0 Å². The molecule has 1 spiro atoms. The summed E-state index contributed by atoms with van der Waals surface area (Å²) in [5, 5.41) is 14.6. The molecule has 72 heavy (non-hydrogen) atoms. The Kier molecular flexibility index (Phi) is 11.8. The van der Waals surface area contributed by atoms with Gasteiger partial charge in [-0.2, -0.15) is 9.97 Å². The van der Waals surface area contributed by atoms with Crippen LogP contribution in [0.15, 0.2) is 48.7 Å². The number of likely N-dealkylation sites (tertiary alicyclic amines) is 1. The summed E-state index contributed by atoms with van der Waals surface area (Å²) in [6, 6.07) is 11.1. The molecule has 8 heterocycles. The maximum atomic E-state index is 17.2. The smallest absolute Gasteiger partial charge is 0.319 e. The van der Waals surface area contributed by atoms with Gasteiger partial charge in [-0.15, -0.1) is 0 Å². The molecular formula is C54H60F3N9O6. The van der Waals surface area contributed by atoms with Crippen LogP contribution in [0.25, 0.3) is 32.9 Å². The predicted molar refractivity (Wildman–Crippen MR) is 264 cm³/mol. The van der Waals surface area contributed by atoms with E-state index in [1.54, 1.807) is 23.2 Å². The topological polar surface area (TPSA) is 157 Å². The van der Waals surface area contributed by atoms with E-state index in [4.69, 9.17) is 19.4 Å². The highest BCUT2D eigenvalue weighted by Crippen LogP contribution is 2.48. The third kappa shape index (κ3) is 8.65. The number of aromatic hydroxyl groups is 1. The van der Waals surface area contributed by atoms with Crippen LogP contribution in [-0.2, 0) is 27.3 Å². The number of hydrogen-bond acceptors (Lipinski definition) is 13. The Bertz CT molecular complexity index is 3010. The third-order valence-corrected chi connectivity index (χ3v) is 16.7. The number of fused-ring (bicyclic) bond motifs is 3. The van der Waals surface area contributed by atoms with Gasteiger partial charge in [0.1, 0.15) is 40.3 Å². The first-order chi connectivity index (χ1) is 34.8. The maximum absolute atomic E-state index is 17.2. The minimum Gasteiger partial charge on any atom is -0.508 e. The highest BCUT2D eigenvalue weighted by atomic mass is 19.1. The minimum atomic E-state index is -1.30. The van der Waals surface area contributed by atoms with Crippen molar-refractivity contribution in [2.75, 3.05) is 88.5 Å². The number of amides is 3. The molecule has 0 bridgehead atoms. The Morgan fingerprint density at radius 1 is 0.875 bits per heavy atom. The zero-order valence-corrected chi connectivity index (χ0v) is 40.7. The first-order valence-electron chi connectivity index (χ1n) is 25.8. The summed E-state index contributed by atoms with van der Waals surface area (Å²) in [7, 11) is 0. The molecule has 378 valence electrons. The monoisotopic (exact) mass is 987 g/mol. The Labute approximate surface area is 415 Å². The number of piperazine rings is 1. The average molecular weight is 988 g/mol. The average Bonchev–Trinajstić information content (AvgIpc) is 4.06. The molecular weight excluding hydrogens is 928 g/mol. The number of halogens is 3. The summed E-state index contributed by atoms with van der Waals surface area (Å²) >= 11 is 0. The molecule has 0 radical (unpaired) electrons. The van der Waals surface area contributed by atoms with Crippen molar-refractivity contribution in [3.05, 3.63) is 77.0 Å². The molecule has 3 amide bonds. The molecule has 1 aliphatic carbocycles. The zero-order valence-electron chi connectivity index (χ0n) is 40.7. The highest BCUT2D eigenvalue weighted by Gasteiger charge is 2.48. The summed E-state index contributed by atoms with van der Waals surface area (Å²) in [4.78, 5) is 62.3. The lowest BCUT2D eigenvalue weighted by molar-refractivity contribution is -0.151. The quantitative estimate of drug-likeness (QED) is 0.128. The molecule has 1 saturated carbocycles. The maximum Gasteiger partial charge on any atom is 0.319 e. The number of pyridine rings is 1. The van der Waals surface area contributed by atoms with E-state index in [0.29, 0.717) is 124 Å². The molecule has 18 heteroatoms. The number of phenols is 1. The van der Waals surface area contributed by atoms with E-state index in [1.165, 1.54) is 12.1 Å². The van der Waals surface area contributed by atoms with Gasteiger partial charge in [0.25, 0.3) is 5.91 Å². The number of carbonyl (C=O) groups is 3. The molecule has 2 aromatic heterocycles. The van der Waals surface area contributed by atoms with Crippen molar-refractivity contribution < 1.29 is 42.1 Å². The van der Waals surface area contributed by atoms with Crippen molar-refractivity contribution in [1.82, 2.24) is 35.0 Å². The van der Waals surface area contributed by atoms with Gasteiger partial charge in [0.15, 0.2) is 5.82 Å². The number of aromatic nitrogens is 3. The number of rotatable bonds is 12. The molecule has 5 saturated heterocycles. The molecule has 3 aromatic carbocycles. The first kappa shape index (κ1) is 46.9. The van der Waals surface area contributed by atoms with Crippen LogP contribution in [0.1, 0.15) is 86.2 Å². The lowest BCUT2D eigenvalue weighted by Gasteiger charge is -2.48. The van der Waals surface area contributed by atoms with Gasteiger partial charge in [0.2, 0.25) is 11.8 Å². The molecule has 0 unspecified atom stereocenters. The summed E-state index contributed by atoms with van der Waals surface area (Å²) in [6.07, 6.45) is 7.95. The van der Waals surface area contributed by atoms with Crippen LogP contribution in [-0.4, -0.2) is 148 Å². The Balaban J connectivity index is 0.696. The highest BCUT2D eigenvalue weighted by molar-refractivity contribution is 6.06. The van der Waals surface area contributed by atoms with E-state index in [1.807, 2.05) is 25.1 Å². The van der Waals surface area contributed by atoms with Crippen molar-refractivity contribution in [1.29, 1.82) is 0 Å². The summed E-state index contributed by atoms with van der Waals surface area (Å²) < 4.78 is 61.6. The number of aryl methyl sites for hydroxylation is 1. The Morgan fingerprint density at radius 2 is 1.67 bits per heavy atom. The van der Waals surface area contributed by atoms with Crippen LogP contribution < -0.4 is 19.9 Å². The van der Waals surface area contributed by atoms with E-state index in [-0.39, 0.29) is 57.8 Å². The van der Waals surface area contributed by atoms with Crippen LogP contribution in [0.5, 0.6) is 11.8 Å². The lowest BCUT2D eigenvalue weighted by Crippen LogP contribution is -2.56.